The average molecular weight is 294 g/mol. The van der Waals surface area contributed by atoms with E-state index >= 15 is 0 Å². The Labute approximate surface area is 88.1 Å². The van der Waals surface area contributed by atoms with Crippen LogP contribution in [0.3, 0.4) is 0 Å². The van der Waals surface area contributed by atoms with Crippen molar-refractivity contribution in [1.29, 1.82) is 0 Å². The Balaban J connectivity index is 0.00000121. The van der Waals surface area contributed by atoms with E-state index in [0.29, 0.717) is 0 Å². The molecule has 0 heterocycles. The minimum atomic E-state index is -4.19. The Morgan fingerprint density at radius 1 is 1.17 bits per heavy atom. The summed E-state index contributed by atoms with van der Waals surface area (Å²) in [5.74, 6) is -0.544. The molecule has 3 nitrogen and oxygen atoms in total. The Hall–Kier alpha value is -0.0699. The summed E-state index contributed by atoms with van der Waals surface area (Å²) >= 11 is 0. The summed E-state index contributed by atoms with van der Waals surface area (Å²) in [6, 6.07) is 3.90. The third-order valence-corrected chi connectivity index (χ3v) is 1.98. The molecule has 0 saturated carbocycles. The van der Waals surface area contributed by atoms with Gasteiger partial charge in [-0.3, -0.25) is 4.55 Å². The molecular formula is C6H8FInO3S. The number of hydrogen-bond donors (Lipinski definition) is 1. The Bertz CT molecular complexity index is 346. The summed E-state index contributed by atoms with van der Waals surface area (Å²) in [5, 5.41) is 0. The molecule has 0 aliphatic rings. The topological polar surface area (TPSA) is 54.4 Å². The molecule has 0 unspecified atom stereocenters. The standard InChI is InChI=1S/C6H5FO3S.In.3H/c7-5-1-3-6(4-2-5)11(8,9)10;;;;/h1-4H,(H,8,9,10);;;;. The first-order valence-corrected chi connectivity index (χ1v) is 4.17. The quantitative estimate of drug-likeness (QED) is 0.735. The molecular weight excluding hydrogens is 286 g/mol. The molecule has 66 valence electrons. The van der Waals surface area contributed by atoms with Gasteiger partial charge in [0, 0.05) is 0 Å². The number of halogens is 1. The second kappa shape index (κ2) is 4.25. The molecule has 1 aromatic carbocycles. The normalized spacial score (nSPS) is 10.5. The molecule has 0 aliphatic heterocycles. The van der Waals surface area contributed by atoms with Gasteiger partial charge in [-0.15, -0.1) is 0 Å². The first-order chi connectivity index (χ1) is 5.00. The molecule has 1 rings (SSSR count). The molecule has 0 saturated heterocycles. The van der Waals surface area contributed by atoms with Crippen LogP contribution in [-0.2, 0) is 10.1 Å². The van der Waals surface area contributed by atoms with Crippen molar-refractivity contribution in [3.63, 3.8) is 0 Å². The van der Waals surface area contributed by atoms with Gasteiger partial charge in [0.05, 0.1) is 4.90 Å². The van der Waals surface area contributed by atoms with E-state index < -0.39 is 15.9 Å². The zero-order valence-corrected chi connectivity index (χ0v) is 6.18. The van der Waals surface area contributed by atoms with E-state index in [-0.39, 0.29) is 30.7 Å². The summed E-state index contributed by atoms with van der Waals surface area (Å²) in [6.45, 7) is 0. The molecule has 1 N–H and O–H groups in total. The predicted octanol–water partition coefficient (Wildman–Crippen LogP) is -0.111. The zero-order valence-electron chi connectivity index (χ0n) is 5.36. The number of hydrogen-bond acceptors (Lipinski definition) is 2. The summed E-state index contributed by atoms with van der Waals surface area (Å²) in [7, 11) is -4.19. The van der Waals surface area contributed by atoms with Crippen LogP contribution < -0.4 is 0 Å². The van der Waals surface area contributed by atoms with E-state index in [1.807, 2.05) is 0 Å². The van der Waals surface area contributed by atoms with Gasteiger partial charge in [-0.25, -0.2) is 4.39 Å². The molecule has 0 bridgehead atoms. The molecule has 0 spiro atoms. The van der Waals surface area contributed by atoms with Crippen molar-refractivity contribution in [2.45, 2.75) is 4.90 Å². The van der Waals surface area contributed by atoms with Crippen molar-refractivity contribution in [3.05, 3.63) is 30.1 Å². The van der Waals surface area contributed by atoms with E-state index in [1.54, 1.807) is 0 Å². The number of rotatable bonds is 1. The summed E-state index contributed by atoms with van der Waals surface area (Å²) in [5.41, 5.74) is 0. The third-order valence-electron chi connectivity index (χ3n) is 1.11. The van der Waals surface area contributed by atoms with Crippen LogP contribution in [0.4, 0.5) is 4.39 Å². The van der Waals surface area contributed by atoms with Gasteiger partial charge < -0.3 is 0 Å². The molecule has 0 aromatic heterocycles. The number of benzene rings is 1. The van der Waals surface area contributed by atoms with Crippen LogP contribution in [0.1, 0.15) is 0 Å². The fourth-order valence-electron chi connectivity index (χ4n) is 0.607. The predicted molar refractivity (Wildman–Crippen MR) is 46.2 cm³/mol. The monoisotopic (exact) mass is 294 g/mol. The van der Waals surface area contributed by atoms with Crippen LogP contribution in [0.2, 0.25) is 0 Å². The maximum absolute atomic E-state index is 12.2. The Morgan fingerprint density at radius 3 is 1.92 bits per heavy atom. The zero-order chi connectivity index (χ0) is 8.48. The van der Waals surface area contributed by atoms with E-state index in [0.717, 1.165) is 24.3 Å². The Kier molecular flexibility index (Phi) is 4.22. The van der Waals surface area contributed by atoms with Crippen molar-refractivity contribution in [3.8, 4) is 0 Å². The van der Waals surface area contributed by atoms with Gasteiger partial charge in [-0.1, -0.05) is 0 Å². The van der Waals surface area contributed by atoms with Gasteiger partial charge in [-0.05, 0) is 24.3 Å². The van der Waals surface area contributed by atoms with Crippen LogP contribution in [0.25, 0.3) is 0 Å². The SMILES string of the molecule is O=S(=O)(O)c1ccc(F)cc1.[InH3]. The van der Waals surface area contributed by atoms with Gasteiger partial charge in [-0.2, -0.15) is 8.42 Å². The summed E-state index contributed by atoms with van der Waals surface area (Å²) in [6.07, 6.45) is 0. The molecule has 0 radical (unpaired) electrons. The molecule has 12 heavy (non-hydrogen) atoms. The van der Waals surface area contributed by atoms with Crippen molar-refractivity contribution in [2.75, 3.05) is 0 Å². The second-order valence-electron chi connectivity index (χ2n) is 1.93. The van der Waals surface area contributed by atoms with Crippen molar-refractivity contribution >= 4 is 36.0 Å². The molecule has 6 heteroatoms. The van der Waals surface area contributed by atoms with Crippen LogP contribution in [0.15, 0.2) is 29.2 Å². The second-order valence-corrected chi connectivity index (χ2v) is 3.35. The van der Waals surface area contributed by atoms with Gasteiger partial charge in [0.25, 0.3) is 10.1 Å². The van der Waals surface area contributed by atoms with E-state index in [1.165, 1.54) is 0 Å². The van der Waals surface area contributed by atoms with Gasteiger partial charge in [0.15, 0.2) is 0 Å². The van der Waals surface area contributed by atoms with Gasteiger partial charge >= 0.3 is 25.8 Å². The molecule has 0 amide bonds. The van der Waals surface area contributed by atoms with Crippen molar-refractivity contribution < 1.29 is 17.4 Å². The first-order valence-electron chi connectivity index (χ1n) is 2.73. The van der Waals surface area contributed by atoms with Crippen molar-refractivity contribution in [2.24, 2.45) is 0 Å². The fourth-order valence-corrected chi connectivity index (χ4v) is 1.09. The van der Waals surface area contributed by atoms with Crippen LogP contribution >= 0.6 is 0 Å². The fraction of sp³-hybridized carbons (Fsp3) is 0. The van der Waals surface area contributed by atoms with E-state index in [9.17, 15) is 12.8 Å². The maximum atomic E-state index is 12.2. The van der Waals surface area contributed by atoms with Crippen LogP contribution in [-0.4, -0.2) is 38.8 Å². The van der Waals surface area contributed by atoms with Gasteiger partial charge in [0.2, 0.25) is 0 Å². The van der Waals surface area contributed by atoms with E-state index in [2.05, 4.69) is 0 Å². The third kappa shape index (κ3) is 3.12. The summed E-state index contributed by atoms with van der Waals surface area (Å²) in [4.78, 5) is -0.307. The van der Waals surface area contributed by atoms with Crippen LogP contribution in [0.5, 0.6) is 0 Å². The first kappa shape index (κ1) is 11.9. The summed E-state index contributed by atoms with van der Waals surface area (Å²) < 4.78 is 41.4. The van der Waals surface area contributed by atoms with Crippen molar-refractivity contribution in [1.82, 2.24) is 0 Å². The van der Waals surface area contributed by atoms with E-state index in [4.69, 9.17) is 4.55 Å². The van der Waals surface area contributed by atoms with Crippen LogP contribution in [0, 0.1) is 5.82 Å². The van der Waals surface area contributed by atoms with Gasteiger partial charge in [0.1, 0.15) is 5.82 Å². The molecule has 0 atom stereocenters. The Morgan fingerprint density at radius 2 is 1.58 bits per heavy atom. The average Bonchev–Trinajstić information content (AvgIpc) is 1.86. The molecule has 0 fully saturated rings. The molecule has 1 aromatic rings. The minimum absolute atomic E-state index is 0. The molecule has 0 aliphatic carbocycles.